The molecule has 0 aliphatic rings. The molecule has 0 saturated carbocycles. The van der Waals surface area contributed by atoms with Gasteiger partial charge in [0.05, 0.1) is 5.69 Å². The molecule has 0 aromatic carbocycles. The van der Waals surface area contributed by atoms with Crippen molar-refractivity contribution >= 4 is 0 Å². The van der Waals surface area contributed by atoms with Crippen LogP contribution in [0.15, 0.2) is 17.2 Å². The molecule has 0 spiro atoms. The van der Waals surface area contributed by atoms with Crippen molar-refractivity contribution in [3.63, 3.8) is 0 Å². The van der Waals surface area contributed by atoms with Crippen molar-refractivity contribution in [2.24, 2.45) is 0 Å². The molecule has 1 atom stereocenters. The highest BCUT2D eigenvalue weighted by Crippen LogP contribution is 2.12. The van der Waals surface area contributed by atoms with Gasteiger partial charge in [-0.2, -0.15) is 0 Å². The van der Waals surface area contributed by atoms with E-state index in [0.717, 1.165) is 37.3 Å². The molecule has 1 N–H and O–H groups in total. The van der Waals surface area contributed by atoms with Gasteiger partial charge < -0.3 is 9.84 Å². The molecule has 90 valence electrons. The Balaban J connectivity index is 2.27. The van der Waals surface area contributed by atoms with Crippen LogP contribution >= 0.6 is 0 Å². The number of nitrogens with zero attached hydrogens (tertiary/aromatic N) is 1. The lowest BCUT2D eigenvalue weighted by Crippen LogP contribution is -2.28. The number of rotatable bonds is 7. The fourth-order valence-corrected chi connectivity index (χ4v) is 1.77. The van der Waals surface area contributed by atoms with Crippen LogP contribution in [0.1, 0.15) is 36.8 Å². The molecule has 1 rings (SSSR count). The average molecular weight is 222 g/mol. The quantitative estimate of drug-likeness (QED) is 0.721. The van der Waals surface area contributed by atoms with Gasteiger partial charge in [-0.1, -0.05) is 11.2 Å². The maximum Gasteiger partial charge on any atom is 0.137 e. The zero-order valence-electron chi connectivity index (χ0n) is 10.5. The SMILES string of the molecule is C=CCCC(C)NCCc1c(C)noc1C. The van der Waals surface area contributed by atoms with Gasteiger partial charge in [0.2, 0.25) is 0 Å². The molecule has 1 aromatic rings. The summed E-state index contributed by atoms with van der Waals surface area (Å²) in [4.78, 5) is 0. The number of allylic oxidation sites excluding steroid dienone is 1. The van der Waals surface area contributed by atoms with Crippen LogP contribution in [-0.2, 0) is 6.42 Å². The number of hydrogen-bond donors (Lipinski definition) is 1. The van der Waals surface area contributed by atoms with Gasteiger partial charge in [-0.25, -0.2) is 0 Å². The van der Waals surface area contributed by atoms with Crippen LogP contribution in [0.4, 0.5) is 0 Å². The summed E-state index contributed by atoms with van der Waals surface area (Å²) in [5.41, 5.74) is 2.25. The first-order valence-corrected chi connectivity index (χ1v) is 5.91. The minimum absolute atomic E-state index is 0.540. The molecule has 0 bridgehead atoms. The van der Waals surface area contributed by atoms with Crippen molar-refractivity contribution in [1.82, 2.24) is 10.5 Å². The van der Waals surface area contributed by atoms with Crippen molar-refractivity contribution in [2.45, 2.75) is 46.1 Å². The first kappa shape index (κ1) is 13.0. The van der Waals surface area contributed by atoms with Gasteiger partial charge in [0, 0.05) is 11.6 Å². The monoisotopic (exact) mass is 222 g/mol. The second-order valence-corrected chi connectivity index (χ2v) is 4.27. The summed E-state index contributed by atoms with van der Waals surface area (Å²) in [5.74, 6) is 0.943. The molecule has 0 radical (unpaired) electrons. The second-order valence-electron chi connectivity index (χ2n) is 4.27. The van der Waals surface area contributed by atoms with E-state index in [9.17, 15) is 0 Å². The first-order chi connectivity index (χ1) is 7.65. The van der Waals surface area contributed by atoms with Gasteiger partial charge in [-0.15, -0.1) is 6.58 Å². The summed E-state index contributed by atoms with van der Waals surface area (Å²) in [6, 6.07) is 0.540. The third kappa shape index (κ3) is 3.81. The van der Waals surface area contributed by atoms with Crippen molar-refractivity contribution < 1.29 is 4.52 Å². The van der Waals surface area contributed by atoms with Crippen molar-refractivity contribution in [3.05, 3.63) is 29.7 Å². The third-order valence-electron chi connectivity index (χ3n) is 2.85. The van der Waals surface area contributed by atoms with Crippen LogP contribution in [0.25, 0.3) is 0 Å². The summed E-state index contributed by atoms with van der Waals surface area (Å²) in [6.45, 7) is 10.9. The Bertz CT molecular complexity index is 311. The average Bonchev–Trinajstić information content (AvgIpc) is 2.57. The van der Waals surface area contributed by atoms with Crippen molar-refractivity contribution in [3.8, 4) is 0 Å². The van der Waals surface area contributed by atoms with Crippen LogP contribution in [0.2, 0.25) is 0 Å². The first-order valence-electron chi connectivity index (χ1n) is 5.91. The Hall–Kier alpha value is -1.09. The molecule has 0 saturated heterocycles. The summed E-state index contributed by atoms with van der Waals surface area (Å²) < 4.78 is 5.13. The molecular formula is C13H22N2O. The van der Waals surface area contributed by atoms with E-state index in [0.29, 0.717) is 6.04 Å². The lowest BCUT2D eigenvalue weighted by atomic mass is 10.1. The summed E-state index contributed by atoms with van der Waals surface area (Å²) in [6.07, 6.45) is 5.16. The summed E-state index contributed by atoms with van der Waals surface area (Å²) in [7, 11) is 0. The summed E-state index contributed by atoms with van der Waals surface area (Å²) >= 11 is 0. The van der Waals surface area contributed by atoms with Gasteiger partial charge in [0.1, 0.15) is 5.76 Å². The molecule has 3 nitrogen and oxygen atoms in total. The van der Waals surface area contributed by atoms with Gasteiger partial charge in [-0.05, 0) is 46.6 Å². The molecular weight excluding hydrogens is 200 g/mol. The molecule has 1 aromatic heterocycles. The van der Waals surface area contributed by atoms with Crippen molar-refractivity contribution in [2.75, 3.05) is 6.54 Å². The lowest BCUT2D eigenvalue weighted by Gasteiger charge is -2.12. The topological polar surface area (TPSA) is 38.1 Å². The highest BCUT2D eigenvalue weighted by molar-refractivity contribution is 5.20. The second kappa shape index (κ2) is 6.48. The molecule has 3 heteroatoms. The maximum atomic E-state index is 5.13. The Kier molecular flexibility index (Phi) is 5.26. The van der Waals surface area contributed by atoms with Gasteiger partial charge in [-0.3, -0.25) is 0 Å². The van der Waals surface area contributed by atoms with E-state index in [2.05, 4.69) is 24.0 Å². The fraction of sp³-hybridized carbons (Fsp3) is 0.615. The van der Waals surface area contributed by atoms with E-state index in [1.165, 1.54) is 5.56 Å². The smallest absolute Gasteiger partial charge is 0.137 e. The van der Waals surface area contributed by atoms with Crippen LogP contribution in [0.5, 0.6) is 0 Å². The van der Waals surface area contributed by atoms with E-state index in [1.807, 2.05) is 19.9 Å². The van der Waals surface area contributed by atoms with Crippen LogP contribution < -0.4 is 5.32 Å². The summed E-state index contributed by atoms with van der Waals surface area (Å²) in [5, 5.41) is 7.44. The van der Waals surface area contributed by atoms with E-state index < -0.39 is 0 Å². The van der Waals surface area contributed by atoms with Crippen LogP contribution in [0, 0.1) is 13.8 Å². The Morgan fingerprint density at radius 3 is 2.81 bits per heavy atom. The molecule has 16 heavy (non-hydrogen) atoms. The zero-order valence-corrected chi connectivity index (χ0v) is 10.5. The molecule has 0 amide bonds. The Morgan fingerprint density at radius 1 is 1.50 bits per heavy atom. The number of nitrogens with one attached hydrogen (secondary N) is 1. The van der Waals surface area contributed by atoms with E-state index in [4.69, 9.17) is 4.52 Å². The predicted octanol–water partition coefficient (Wildman–Crippen LogP) is 2.78. The zero-order chi connectivity index (χ0) is 12.0. The van der Waals surface area contributed by atoms with Gasteiger partial charge >= 0.3 is 0 Å². The van der Waals surface area contributed by atoms with Crippen LogP contribution in [0.3, 0.4) is 0 Å². The maximum absolute atomic E-state index is 5.13. The van der Waals surface area contributed by atoms with Crippen LogP contribution in [-0.4, -0.2) is 17.7 Å². The highest BCUT2D eigenvalue weighted by atomic mass is 16.5. The van der Waals surface area contributed by atoms with Gasteiger partial charge in [0.25, 0.3) is 0 Å². The van der Waals surface area contributed by atoms with E-state index >= 15 is 0 Å². The normalized spacial score (nSPS) is 12.7. The Morgan fingerprint density at radius 2 is 2.25 bits per heavy atom. The minimum Gasteiger partial charge on any atom is -0.361 e. The molecule has 1 unspecified atom stereocenters. The number of aryl methyl sites for hydroxylation is 2. The lowest BCUT2D eigenvalue weighted by molar-refractivity contribution is 0.392. The van der Waals surface area contributed by atoms with Crippen molar-refractivity contribution in [1.29, 1.82) is 0 Å². The fourth-order valence-electron chi connectivity index (χ4n) is 1.77. The highest BCUT2D eigenvalue weighted by Gasteiger charge is 2.08. The predicted molar refractivity (Wildman–Crippen MR) is 66.6 cm³/mol. The molecule has 1 heterocycles. The van der Waals surface area contributed by atoms with E-state index in [1.54, 1.807) is 0 Å². The standard InChI is InChI=1S/C13H22N2O/c1-5-6-7-10(2)14-9-8-13-11(3)15-16-12(13)4/h5,10,14H,1,6-9H2,2-4H3. The van der Waals surface area contributed by atoms with Gasteiger partial charge in [0.15, 0.2) is 0 Å². The molecule has 0 aliphatic carbocycles. The number of hydrogen-bond acceptors (Lipinski definition) is 3. The largest absolute Gasteiger partial charge is 0.361 e. The number of aromatic nitrogens is 1. The molecule has 0 fully saturated rings. The third-order valence-corrected chi connectivity index (χ3v) is 2.85. The Labute approximate surface area is 97.9 Å². The minimum atomic E-state index is 0.540. The molecule has 0 aliphatic heterocycles. The van der Waals surface area contributed by atoms with E-state index in [-0.39, 0.29) is 0 Å².